The number of rotatable bonds is 3. The Morgan fingerprint density at radius 3 is 2.00 bits per heavy atom. The molecule has 0 heterocycles. The first kappa shape index (κ1) is 15.5. The zero-order valence-corrected chi connectivity index (χ0v) is 12.8. The fourth-order valence-electron chi connectivity index (χ4n) is 2.54. The molecular formula is C19H17NO2. The summed E-state index contributed by atoms with van der Waals surface area (Å²) in [7, 11) is 0. The molecule has 2 aromatic rings. The molecule has 110 valence electrons. The van der Waals surface area contributed by atoms with Gasteiger partial charge in [0.1, 0.15) is 0 Å². The third kappa shape index (κ3) is 3.24. The number of carboxylic acids is 1. The van der Waals surface area contributed by atoms with Gasteiger partial charge >= 0.3 is 5.97 Å². The molecule has 3 nitrogen and oxygen atoms in total. The van der Waals surface area contributed by atoms with E-state index in [1.807, 2.05) is 26.8 Å². The van der Waals surface area contributed by atoms with E-state index in [2.05, 4.69) is 18.2 Å². The van der Waals surface area contributed by atoms with Gasteiger partial charge in [-0.3, -0.25) is 0 Å². The molecule has 0 aliphatic rings. The van der Waals surface area contributed by atoms with Crippen LogP contribution in [0, 0.1) is 32.1 Å². The molecule has 0 amide bonds. The molecule has 22 heavy (non-hydrogen) atoms. The molecule has 0 unspecified atom stereocenters. The van der Waals surface area contributed by atoms with Crippen molar-refractivity contribution in [2.24, 2.45) is 0 Å². The molecule has 0 bridgehead atoms. The molecular weight excluding hydrogens is 274 g/mol. The van der Waals surface area contributed by atoms with E-state index in [0.29, 0.717) is 11.1 Å². The van der Waals surface area contributed by atoms with Crippen LogP contribution in [0.2, 0.25) is 0 Å². The number of allylic oxidation sites excluding steroid dienone is 1. The second kappa shape index (κ2) is 6.28. The molecule has 0 radical (unpaired) electrons. The number of carboxylic acid groups (broad SMARTS) is 1. The predicted molar refractivity (Wildman–Crippen MR) is 87.5 cm³/mol. The number of benzene rings is 2. The van der Waals surface area contributed by atoms with Crippen molar-refractivity contribution < 1.29 is 9.90 Å². The average Bonchev–Trinajstić information content (AvgIpc) is 2.47. The van der Waals surface area contributed by atoms with E-state index in [-0.39, 0.29) is 5.56 Å². The molecule has 0 fully saturated rings. The number of aryl methyl sites for hydroxylation is 3. The van der Waals surface area contributed by atoms with Gasteiger partial charge in [0, 0.05) is 0 Å². The molecule has 1 N–H and O–H groups in total. The summed E-state index contributed by atoms with van der Waals surface area (Å²) >= 11 is 0. The van der Waals surface area contributed by atoms with Crippen molar-refractivity contribution in [2.45, 2.75) is 20.8 Å². The van der Waals surface area contributed by atoms with E-state index in [0.717, 1.165) is 16.7 Å². The maximum absolute atomic E-state index is 10.9. The summed E-state index contributed by atoms with van der Waals surface area (Å²) in [6.45, 7) is 6.09. The Labute approximate surface area is 130 Å². The molecule has 0 saturated heterocycles. The minimum Gasteiger partial charge on any atom is -0.478 e. The van der Waals surface area contributed by atoms with Crippen LogP contribution in [0.25, 0.3) is 11.6 Å². The first-order chi connectivity index (χ1) is 10.4. The maximum atomic E-state index is 10.9. The Hall–Kier alpha value is -2.86. The number of carbonyl (C=O) groups is 1. The lowest BCUT2D eigenvalue weighted by atomic mass is 9.95. The topological polar surface area (TPSA) is 61.1 Å². The Kier molecular flexibility index (Phi) is 4.43. The fourth-order valence-corrected chi connectivity index (χ4v) is 2.54. The van der Waals surface area contributed by atoms with E-state index < -0.39 is 5.97 Å². The van der Waals surface area contributed by atoms with Crippen LogP contribution in [0.15, 0.2) is 36.4 Å². The Bertz CT molecular complexity index is 770. The summed E-state index contributed by atoms with van der Waals surface area (Å²) in [6.07, 6.45) is 1.86. The lowest BCUT2D eigenvalue weighted by Gasteiger charge is -2.08. The van der Waals surface area contributed by atoms with E-state index in [1.54, 1.807) is 12.1 Å². The summed E-state index contributed by atoms with van der Waals surface area (Å²) in [6, 6.07) is 12.7. The number of aromatic carboxylic acids is 1. The van der Waals surface area contributed by atoms with Crippen LogP contribution in [-0.2, 0) is 0 Å². The van der Waals surface area contributed by atoms with E-state index >= 15 is 0 Å². The minimum absolute atomic E-state index is 0.212. The second-order valence-electron chi connectivity index (χ2n) is 5.36. The van der Waals surface area contributed by atoms with Crippen LogP contribution in [-0.4, -0.2) is 11.1 Å². The van der Waals surface area contributed by atoms with Crippen molar-refractivity contribution in [3.8, 4) is 6.07 Å². The predicted octanol–water partition coefficient (Wildman–Crippen LogP) is 4.37. The summed E-state index contributed by atoms with van der Waals surface area (Å²) in [4.78, 5) is 10.9. The maximum Gasteiger partial charge on any atom is 0.335 e. The standard InChI is InChI=1S/C19H17NO2/c1-12-8-13(2)18(14(3)9-12)10-17(11-20)15-4-6-16(7-5-15)19(21)22/h4-10H,1-3H3,(H,21,22). The first-order valence-electron chi connectivity index (χ1n) is 6.95. The van der Waals surface area contributed by atoms with Crippen molar-refractivity contribution in [3.05, 3.63) is 69.8 Å². The summed E-state index contributed by atoms with van der Waals surface area (Å²) in [5.74, 6) is -0.973. The Morgan fingerprint density at radius 1 is 1.05 bits per heavy atom. The highest BCUT2D eigenvalue weighted by molar-refractivity contribution is 5.92. The molecule has 3 heteroatoms. The van der Waals surface area contributed by atoms with Gasteiger partial charge in [0.05, 0.1) is 17.2 Å². The fraction of sp³-hybridized carbons (Fsp3) is 0.158. The monoisotopic (exact) mass is 291 g/mol. The van der Waals surface area contributed by atoms with Crippen molar-refractivity contribution in [2.75, 3.05) is 0 Å². The first-order valence-corrected chi connectivity index (χ1v) is 6.95. The van der Waals surface area contributed by atoms with E-state index in [4.69, 9.17) is 5.11 Å². The third-order valence-corrected chi connectivity index (χ3v) is 3.59. The van der Waals surface area contributed by atoms with Crippen LogP contribution in [0.5, 0.6) is 0 Å². The number of hydrogen-bond donors (Lipinski definition) is 1. The van der Waals surface area contributed by atoms with Crippen LogP contribution in [0.4, 0.5) is 0 Å². The van der Waals surface area contributed by atoms with Gasteiger partial charge in [0.25, 0.3) is 0 Å². The van der Waals surface area contributed by atoms with Gasteiger partial charge in [-0.25, -0.2) is 4.79 Å². The van der Waals surface area contributed by atoms with Crippen LogP contribution in [0.3, 0.4) is 0 Å². The Morgan fingerprint density at radius 2 is 1.55 bits per heavy atom. The van der Waals surface area contributed by atoms with Gasteiger partial charge in [-0.1, -0.05) is 29.8 Å². The van der Waals surface area contributed by atoms with Gasteiger partial charge in [-0.05, 0) is 61.2 Å². The molecule has 0 saturated carbocycles. The number of hydrogen-bond acceptors (Lipinski definition) is 2. The summed E-state index contributed by atoms with van der Waals surface area (Å²) in [5, 5.41) is 18.3. The van der Waals surface area contributed by atoms with Crippen molar-refractivity contribution >= 4 is 17.6 Å². The van der Waals surface area contributed by atoms with Crippen LogP contribution in [0.1, 0.15) is 38.2 Å². The van der Waals surface area contributed by atoms with Crippen molar-refractivity contribution in [1.29, 1.82) is 5.26 Å². The highest BCUT2D eigenvalue weighted by atomic mass is 16.4. The lowest BCUT2D eigenvalue weighted by Crippen LogP contribution is -1.96. The van der Waals surface area contributed by atoms with E-state index in [1.165, 1.54) is 17.7 Å². The SMILES string of the molecule is Cc1cc(C)c(C=C(C#N)c2ccc(C(=O)O)cc2)c(C)c1. The van der Waals surface area contributed by atoms with Gasteiger partial charge in [0.2, 0.25) is 0 Å². The normalized spacial score (nSPS) is 11.1. The highest BCUT2D eigenvalue weighted by Gasteiger charge is 2.07. The highest BCUT2D eigenvalue weighted by Crippen LogP contribution is 2.23. The van der Waals surface area contributed by atoms with Gasteiger partial charge in [-0.15, -0.1) is 0 Å². The molecule has 0 spiro atoms. The van der Waals surface area contributed by atoms with Gasteiger partial charge < -0.3 is 5.11 Å². The molecule has 0 atom stereocenters. The largest absolute Gasteiger partial charge is 0.478 e. The second-order valence-corrected chi connectivity index (χ2v) is 5.36. The molecule has 2 rings (SSSR count). The van der Waals surface area contributed by atoms with Crippen LogP contribution >= 0.6 is 0 Å². The third-order valence-electron chi connectivity index (χ3n) is 3.59. The lowest BCUT2D eigenvalue weighted by molar-refractivity contribution is 0.0697. The number of nitrogens with zero attached hydrogens (tertiary/aromatic N) is 1. The zero-order chi connectivity index (χ0) is 16.3. The zero-order valence-electron chi connectivity index (χ0n) is 12.8. The molecule has 0 aromatic heterocycles. The number of nitriles is 1. The van der Waals surface area contributed by atoms with Crippen LogP contribution < -0.4 is 0 Å². The average molecular weight is 291 g/mol. The Balaban J connectivity index is 2.49. The quantitative estimate of drug-likeness (QED) is 0.674. The molecule has 0 aliphatic heterocycles. The smallest absolute Gasteiger partial charge is 0.335 e. The van der Waals surface area contributed by atoms with Gasteiger partial charge in [0.15, 0.2) is 0 Å². The molecule has 0 aliphatic carbocycles. The summed E-state index contributed by atoms with van der Waals surface area (Å²) in [5.41, 5.74) is 5.91. The minimum atomic E-state index is -0.973. The van der Waals surface area contributed by atoms with E-state index in [9.17, 15) is 10.1 Å². The van der Waals surface area contributed by atoms with Crippen molar-refractivity contribution in [1.82, 2.24) is 0 Å². The summed E-state index contributed by atoms with van der Waals surface area (Å²) < 4.78 is 0. The van der Waals surface area contributed by atoms with Gasteiger partial charge in [-0.2, -0.15) is 5.26 Å². The van der Waals surface area contributed by atoms with Crippen molar-refractivity contribution in [3.63, 3.8) is 0 Å². The molecule has 2 aromatic carbocycles.